The molecule has 3 nitrogen and oxygen atoms in total. The molecule has 20 heavy (non-hydrogen) atoms. The summed E-state index contributed by atoms with van der Waals surface area (Å²) in [7, 11) is 0. The molecule has 0 aliphatic carbocycles. The molecule has 1 N–H and O–H groups in total. The highest BCUT2D eigenvalue weighted by Gasteiger charge is 2.09. The summed E-state index contributed by atoms with van der Waals surface area (Å²) in [6, 6.07) is 14.5. The van der Waals surface area contributed by atoms with Crippen LogP contribution in [0.2, 0.25) is 0 Å². The lowest BCUT2D eigenvalue weighted by molar-refractivity contribution is 0.102. The summed E-state index contributed by atoms with van der Waals surface area (Å²) in [5.74, 6) is 0.522. The standard InChI is InChI=1S/C16H14BrNO2/c1-2-10-20-15-9-8-12(11-14(15)17)16(19)18-13-6-4-3-5-7-13/h2-9,11H,1,10H2,(H,18,19). The summed E-state index contributed by atoms with van der Waals surface area (Å²) in [4.78, 5) is 12.1. The van der Waals surface area contributed by atoms with Gasteiger partial charge in [-0.1, -0.05) is 30.9 Å². The topological polar surface area (TPSA) is 38.3 Å². The Labute approximate surface area is 126 Å². The number of carbonyl (C=O) groups is 1. The first kappa shape index (κ1) is 14.3. The maximum absolute atomic E-state index is 12.1. The van der Waals surface area contributed by atoms with Crippen LogP contribution in [0, 0.1) is 0 Å². The molecule has 0 atom stereocenters. The number of rotatable bonds is 5. The summed E-state index contributed by atoms with van der Waals surface area (Å²) in [6.45, 7) is 4.02. The molecule has 1 amide bonds. The highest BCUT2D eigenvalue weighted by Crippen LogP contribution is 2.26. The number of benzene rings is 2. The number of carbonyl (C=O) groups excluding carboxylic acids is 1. The zero-order valence-electron chi connectivity index (χ0n) is 10.8. The molecule has 0 saturated carbocycles. The van der Waals surface area contributed by atoms with E-state index in [0.29, 0.717) is 17.9 Å². The van der Waals surface area contributed by atoms with Crippen molar-refractivity contribution in [2.75, 3.05) is 11.9 Å². The minimum Gasteiger partial charge on any atom is -0.488 e. The van der Waals surface area contributed by atoms with Gasteiger partial charge in [-0.05, 0) is 46.3 Å². The van der Waals surface area contributed by atoms with Crippen molar-refractivity contribution in [2.24, 2.45) is 0 Å². The lowest BCUT2D eigenvalue weighted by Crippen LogP contribution is -2.11. The number of anilines is 1. The maximum atomic E-state index is 12.1. The van der Waals surface area contributed by atoms with Gasteiger partial charge >= 0.3 is 0 Å². The number of hydrogen-bond acceptors (Lipinski definition) is 2. The van der Waals surface area contributed by atoms with Gasteiger partial charge in [-0.3, -0.25) is 4.79 Å². The second kappa shape index (κ2) is 6.91. The lowest BCUT2D eigenvalue weighted by Gasteiger charge is -2.09. The number of amides is 1. The van der Waals surface area contributed by atoms with Gasteiger partial charge in [0.2, 0.25) is 0 Å². The van der Waals surface area contributed by atoms with E-state index in [2.05, 4.69) is 27.8 Å². The first-order valence-corrected chi connectivity index (χ1v) is 6.89. The minimum absolute atomic E-state index is 0.160. The number of hydrogen-bond donors (Lipinski definition) is 1. The fourth-order valence-electron chi connectivity index (χ4n) is 1.63. The second-order valence-corrected chi connectivity index (χ2v) is 4.92. The Morgan fingerprint density at radius 2 is 2.00 bits per heavy atom. The third kappa shape index (κ3) is 3.71. The van der Waals surface area contributed by atoms with Gasteiger partial charge in [0, 0.05) is 11.3 Å². The van der Waals surface area contributed by atoms with Gasteiger partial charge in [0.15, 0.2) is 0 Å². The summed E-state index contributed by atoms with van der Waals surface area (Å²) >= 11 is 3.39. The van der Waals surface area contributed by atoms with Gasteiger partial charge < -0.3 is 10.1 Å². The second-order valence-electron chi connectivity index (χ2n) is 4.07. The molecule has 2 aromatic carbocycles. The molecular formula is C16H14BrNO2. The summed E-state index contributed by atoms with van der Waals surface area (Å²) in [5.41, 5.74) is 1.33. The van der Waals surface area contributed by atoms with Crippen LogP contribution in [-0.4, -0.2) is 12.5 Å². The molecule has 0 bridgehead atoms. The monoisotopic (exact) mass is 331 g/mol. The van der Waals surface area contributed by atoms with Crippen molar-refractivity contribution in [2.45, 2.75) is 0 Å². The molecular weight excluding hydrogens is 318 g/mol. The molecule has 2 rings (SSSR count). The van der Waals surface area contributed by atoms with Gasteiger partial charge in [0.1, 0.15) is 12.4 Å². The molecule has 0 aromatic heterocycles. The van der Waals surface area contributed by atoms with Crippen molar-refractivity contribution >= 4 is 27.5 Å². The van der Waals surface area contributed by atoms with Gasteiger partial charge in [-0.15, -0.1) is 0 Å². The van der Waals surface area contributed by atoms with E-state index in [1.165, 1.54) is 0 Å². The third-order valence-electron chi connectivity index (χ3n) is 2.58. The fraction of sp³-hybridized carbons (Fsp3) is 0.0625. The average molecular weight is 332 g/mol. The smallest absolute Gasteiger partial charge is 0.255 e. The maximum Gasteiger partial charge on any atom is 0.255 e. The van der Waals surface area contributed by atoms with E-state index >= 15 is 0 Å². The van der Waals surface area contributed by atoms with Gasteiger partial charge in [-0.25, -0.2) is 0 Å². The van der Waals surface area contributed by atoms with Crippen LogP contribution in [0.25, 0.3) is 0 Å². The van der Waals surface area contributed by atoms with Crippen molar-refractivity contribution in [1.82, 2.24) is 0 Å². The molecule has 0 spiro atoms. The van der Waals surface area contributed by atoms with Gasteiger partial charge in [0.25, 0.3) is 5.91 Å². The Hall–Kier alpha value is -2.07. The molecule has 0 fully saturated rings. The van der Waals surface area contributed by atoms with E-state index < -0.39 is 0 Å². The predicted octanol–water partition coefficient (Wildman–Crippen LogP) is 4.27. The quantitative estimate of drug-likeness (QED) is 0.831. The Morgan fingerprint density at radius 3 is 2.65 bits per heavy atom. The lowest BCUT2D eigenvalue weighted by atomic mass is 10.2. The first-order valence-electron chi connectivity index (χ1n) is 6.10. The van der Waals surface area contributed by atoms with Crippen LogP contribution in [0.4, 0.5) is 5.69 Å². The van der Waals surface area contributed by atoms with E-state index in [9.17, 15) is 4.79 Å². The molecule has 102 valence electrons. The molecule has 0 aliphatic heterocycles. The molecule has 0 saturated heterocycles. The largest absolute Gasteiger partial charge is 0.488 e. The number of ether oxygens (including phenoxy) is 1. The predicted molar refractivity (Wildman–Crippen MR) is 84.2 cm³/mol. The van der Waals surface area contributed by atoms with Crippen molar-refractivity contribution < 1.29 is 9.53 Å². The van der Waals surface area contributed by atoms with Crippen LogP contribution < -0.4 is 10.1 Å². The normalized spacial score (nSPS) is 9.85. The Bertz CT molecular complexity index is 611. The van der Waals surface area contributed by atoms with Crippen LogP contribution in [-0.2, 0) is 0 Å². The van der Waals surface area contributed by atoms with Gasteiger partial charge in [0.05, 0.1) is 4.47 Å². The zero-order chi connectivity index (χ0) is 14.4. The Balaban J connectivity index is 2.11. The SMILES string of the molecule is C=CCOc1ccc(C(=O)Nc2ccccc2)cc1Br. The number of nitrogens with one attached hydrogen (secondary N) is 1. The highest BCUT2D eigenvalue weighted by molar-refractivity contribution is 9.10. The molecule has 0 radical (unpaired) electrons. The third-order valence-corrected chi connectivity index (χ3v) is 3.20. The van der Waals surface area contributed by atoms with Gasteiger partial charge in [-0.2, -0.15) is 0 Å². The van der Waals surface area contributed by atoms with Crippen LogP contribution in [0.3, 0.4) is 0 Å². The summed E-state index contributed by atoms with van der Waals surface area (Å²) < 4.78 is 6.18. The zero-order valence-corrected chi connectivity index (χ0v) is 12.4. The average Bonchev–Trinajstić information content (AvgIpc) is 2.47. The molecule has 2 aromatic rings. The Kier molecular flexibility index (Phi) is 4.96. The first-order chi connectivity index (χ1) is 9.70. The van der Waals surface area contributed by atoms with Crippen molar-refractivity contribution in [3.8, 4) is 5.75 Å². The number of para-hydroxylation sites is 1. The van der Waals surface area contributed by atoms with E-state index in [1.807, 2.05) is 30.3 Å². The van der Waals surface area contributed by atoms with E-state index in [1.54, 1.807) is 24.3 Å². The molecule has 0 unspecified atom stereocenters. The summed E-state index contributed by atoms with van der Waals surface area (Å²) in [6.07, 6.45) is 1.67. The van der Waals surface area contributed by atoms with E-state index in [0.717, 1.165) is 10.2 Å². The fourth-order valence-corrected chi connectivity index (χ4v) is 2.13. The van der Waals surface area contributed by atoms with Crippen molar-refractivity contribution in [3.05, 3.63) is 71.2 Å². The van der Waals surface area contributed by atoms with E-state index in [-0.39, 0.29) is 5.91 Å². The Morgan fingerprint density at radius 1 is 1.25 bits per heavy atom. The highest BCUT2D eigenvalue weighted by atomic mass is 79.9. The van der Waals surface area contributed by atoms with Crippen LogP contribution in [0.1, 0.15) is 10.4 Å². The van der Waals surface area contributed by atoms with Crippen LogP contribution in [0.15, 0.2) is 65.7 Å². The van der Waals surface area contributed by atoms with Crippen LogP contribution in [0.5, 0.6) is 5.75 Å². The molecule has 0 heterocycles. The molecule has 0 aliphatic rings. The minimum atomic E-state index is -0.160. The summed E-state index contributed by atoms with van der Waals surface area (Å²) in [5, 5.41) is 2.83. The molecule has 4 heteroatoms. The van der Waals surface area contributed by atoms with E-state index in [4.69, 9.17) is 4.74 Å². The van der Waals surface area contributed by atoms with Crippen molar-refractivity contribution in [3.63, 3.8) is 0 Å². The van der Waals surface area contributed by atoms with Crippen LogP contribution >= 0.6 is 15.9 Å². The number of halogens is 1. The van der Waals surface area contributed by atoms with Crippen molar-refractivity contribution in [1.29, 1.82) is 0 Å².